The fourth-order valence-electron chi connectivity index (χ4n) is 3.51. The molecule has 0 saturated carbocycles. The molecular weight excluding hydrogens is 424 g/mol. The third-order valence-corrected chi connectivity index (χ3v) is 8.40. The highest BCUT2D eigenvalue weighted by atomic mass is 32.2. The molecule has 3 rings (SSSR count). The van der Waals surface area contributed by atoms with Crippen LogP contribution in [-0.2, 0) is 14.8 Å². The van der Waals surface area contributed by atoms with Crippen LogP contribution in [0.15, 0.2) is 29.2 Å². The first-order chi connectivity index (χ1) is 14.2. The molecular formula is C20H22N4O4S2. The van der Waals surface area contributed by atoms with Crippen LogP contribution in [0.2, 0.25) is 0 Å². The van der Waals surface area contributed by atoms with Gasteiger partial charge in [-0.3, -0.25) is 9.59 Å². The number of piperidine rings is 1. The van der Waals surface area contributed by atoms with E-state index in [1.807, 2.05) is 13.0 Å². The smallest absolute Gasteiger partial charge is 0.251 e. The molecule has 1 fully saturated rings. The highest BCUT2D eigenvalue weighted by Crippen LogP contribution is 2.33. The molecule has 1 aromatic heterocycles. The van der Waals surface area contributed by atoms with E-state index in [-0.39, 0.29) is 35.4 Å². The van der Waals surface area contributed by atoms with Crippen LogP contribution < -0.4 is 11.1 Å². The minimum absolute atomic E-state index is 0.0222. The average molecular weight is 447 g/mol. The number of nitrogens with zero attached hydrogens (tertiary/aromatic N) is 2. The third-order valence-electron chi connectivity index (χ3n) is 5.32. The number of hydrogen-bond donors (Lipinski definition) is 2. The summed E-state index contributed by atoms with van der Waals surface area (Å²) in [6, 6.07) is 7.98. The van der Waals surface area contributed by atoms with Crippen molar-refractivity contribution in [3.05, 3.63) is 45.8 Å². The number of anilines is 1. The first-order valence-corrected chi connectivity index (χ1v) is 11.6. The summed E-state index contributed by atoms with van der Waals surface area (Å²) in [7, 11) is -3.81. The molecule has 3 N–H and O–H groups in total. The van der Waals surface area contributed by atoms with Gasteiger partial charge in [-0.15, -0.1) is 11.3 Å². The summed E-state index contributed by atoms with van der Waals surface area (Å²) in [6.45, 7) is 3.98. The monoisotopic (exact) mass is 446 g/mol. The summed E-state index contributed by atoms with van der Waals surface area (Å²) in [5, 5.41) is 12.4. The number of carbonyl (C=O) groups excluding carboxylic acids is 2. The summed E-state index contributed by atoms with van der Waals surface area (Å²) in [5.74, 6) is -1.23. The molecule has 1 aromatic carbocycles. The molecule has 0 spiro atoms. The second-order valence-electron chi connectivity index (χ2n) is 7.13. The van der Waals surface area contributed by atoms with Crippen molar-refractivity contribution in [3.63, 3.8) is 0 Å². The molecule has 0 unspecified atom stereocenters. The summed E-state index contributed by atoms with van der Waals surface area (Å²) in [6.07, 6.45) is 0.685. The van der Waals surface area contributed by atoms with Crippen molar-refractivity contribution < 1.29 is 18.0 Å². The van der Waals surface area contributed by atoms with E-state index < -0.39 is 15.9 Å². The predicted octanol–water partition coefficient (Wildman–Crippen LogP) is 2.37. The van der Waals surface area contributed by atoms with Crippen molar-refractivity contribution in [2.75, 3.05) is 18.4 Å². The van der Waals surface area contributed by atoms with E-state index >= 15 is 0 Å². The van der Waals surface area contributed by atoms with Crippen LogP contribution in [-0.4, -0.2) is 37.6 Å². The molecule has 10 heteroatoms. The van der Waals surface area contributed by atoms with E-state index in [1.54, 1.807) is 19.1 Å². The SMILES string of the molecule is Cc1sc(NC(=O)C2CCN(S(=O)(=O)c3ccccc3C#N)CC2)c(C(N)=O)c1C. The Kier molecular flexibility index (Phi) is 6.26. The lowest BCUT2D eigenvalue weighted by Crippen LogP contribution is -2.41. The lowest BCUT2D eigenvalue weighted by atomic mass is 9.97. The summed E-state index contributed by atoms with van der Waals surface area (Å²) in [5.41, 5.74) is 6.61. The molecule has 1 aliphatic rings. The number of amides is 2. The van der Waals surface area contributed by atoms with Crippen LogP contribution in [0.5, 0.6) is 0 Å². The van der Waals surface area contributed by atoms with E-state index in [0.29, 0.717) is 23.4 Å². The standard InChI is InChI=1S/C20H22N4O4S2/c1-12-13(2)29-20(17(12)18(22)25)23-19(26)14-7-9-24(10-8-14)30(27,28)16-6-4-3-5-15(16)11-21/h3-6,14H,7-10H2,1-2H3,(H2,22,25)(H,23,26). The number of benzene rings is 1. The fraction of sp³-hybridized carbons (Fsp3) is 0.350. The van der Waals surface area contributed by atoms with E-state index in [0.717, 1.165) is 10.4 Å². The topological polar surface area (TPSA) is 133 Å². The van der Waals surface area contributed by atoms with Gasteiger partial charge in [0.25, 0.3) is 5.91 Å². The summed E-state index contributed by atoms with van der Waals surface area (Å²) >= 11 is 1.30. The molecule has 0 radical (unpaired) electrons. The van der Waals surface area contributed by atoms with Gasteiger partial charge in [0.05, 0.1) is 16.0 Å². The molecule has 0 atom stereocenters. The molecule has 2 heterocycles. The molecule has 2 amide bonds. The normalized spacial score (nSPS) is 15.5. The summed E-state index contributed by atoms with van der Waals surface area (Å²) < 4.78 is 27.1. The Morgan fingerprint density at radius 2 is 1.87 bits per heavy atom. The van der Waals surface area contributed by atoms with Gasteiger partial charge in [-0.25, -0.2) is 8.42 Å². The van der Waals surface area contributed by atoms with E-state index in [2.05, 4.69) is 5.32 Å². The number of nitriles is 1. The van der Waals surface area contributed by atoms with Gasteiger partial charge < -0.3 is 11.1 Å². The van der Waals surface area contributed by atoms with Crippen LogP contribution >= 0.6 is 11.3 Å². The van der Waals surface area contributed by atoms with E-state index in [9.17, 15) is 23.3 Å². The second kappa shape index (κ2) is 8.55. The van der Waals surface area contributed by atoms with Crippen molar-refractivity contribution in [2.24, 2.45) is 11.7 Å². The third kappa shape index (κ3) is 4.09. The minimum atomic E-state index is -3.81. The number of rotatable bonds is 5. The maximum Gasteiger partial charge on any atom is 0.251 e. The van der Waals surface area contributed by atoms with Gasteiger partial charge >= 0.3 is 0 Å². The van der Waals surface area contributed by atoms with Crippen molar-refractivity contribution >= 4 is 38.2 Å². The quantitative estimate of drug-likeness (QED) is 0.727. The zero-order chi connectivity index (χ0) is 22.1. The molecule has 1 aliphatic heterocycles. The Morgan fingerprint density at radius 3 is 2.47 bits per heavy atom. The largest absolute Gasteiger partial charge is 0.365 e. The maximum atomic E-state index is 12.9. The van der Waals surface area contributed by atoms with Crippen LogP contribution in [0, 0.1) is 31.1 Å². The number of carbonyl (C=O) groups is 2. The number of sulfonamides is 1. The van der Waals surface area contributed by atoms with E-state index in [4.69, 9.17) is 5.73 Å². The highest BCUT2D eigenvalue weighted by molar-refractivity contribution is 7.89. The number of thiophene rings is 1. The van der Waals surface area contributed by atoms with Crippen molar-refractivity contribution in [1.29, 1.82) is 5.26 Å². The first-order valence-electron chi connectivity index (χ1n) is 9.36. The van der Waals surface area contributed by atoms with E-state index in [1.165, 1.54) is 27.8 Å². The zero-order valence-electron chi connectivity index (χ0n) is 16.6. The van der Waals surface area contributed by atoms with Gasteiger partial charge in [0.2, 0.25) is 15.9 Å². The van der Waals surface area contributed by atoms with Gasteiger partial charge in [-0.2, -0.15) is 9.57 Å². The Balaban J connectivity index is 1.70. The second-order valence-corrected chi connectivity index (χ2v) is 10.3. The Bertz CT molecular complexity index is 1140. The summed E-state index contributed by atoms with van der Waals surface area (Å²) in [4.78, 5) is 25.3. The van der Waals surface area contributed by atoms with Crippen LogP contribution in [0.25, 0.3) is 0 Å². The molecule has 1 saturated heterocycles. The maximum absolute atomic E-state index is 12.9. The molecule has 2 aromatic rings. The fourth-order valence-corrected chi connectivity index (χ4v) is 6.19. The van der Waals surface area contributed by atoms with Crippen molar-refractivity contribution in [1.82, 2.24) is 4.31 Å². The van der Waals surface area contributed by atoms with Crippen molar-refractivity contribution in [2.45, 2.75) is 31.6 Å². The molecule has 0 bridgehead atoms. The average Bonchev–Trinajstić information content (AvgIpc) is 3.01. The minimum Gasteiger partial charge on any atom is -0.365 e. The number of primary amides is 1. The number of nitrogens with one attached hydrogen (secondary N) is 1. The number of aryl methyl sites for hydroxylation is 1. The highest BCUT2D eigenvalue weighted by Gasteiger charge is 2.33. The zero-order valence-corrected chi connectivity index (χ0v) is 18.3. The lowest BCUT2D eigenvalue weighted by molar-refractivity contribution is -0.120. The predicted molar refractivity (Wildman–Crippen MR) is 114 cm³/mol. The molecule has 8 nitrogen and oxygen atoms in total. The Labute approximate surface area is 179 Å². The van der Waals surface area contributed by atoms with Gasteiger partial charge in [0, 0.05) is 23.9 Å². The van der Waals surface area contributed by atoms with Crippen LogP contribution in [0.4, 0.5) is 5.00 Å². The molecule has 30 heavy (non-hydrogen) atoms. The molecule has 0 aliphatic carbocycles. The first kappa shape index (κ1) is 22.0. The van der Waals surface area contributed by atoms with Crippen molar-refractivity contribution in [3.8, 4) is 6.07 Å². The van der Waals surface area contributed by atoms with Crippen LogP contribution in [0.1, 0.15) is 39.2 Å². The lowest BCUT2D eigenvalue weighted by Gasteiger charge is -2.30. The number of nitrogens with two attached hydrogens (primary N) is 1. The van der Waals surface area contributed by atoms with Gasteiger partial charge in [0.1, 0.15) is 11.1 Å². The Morgan fingerprint density at radius 1 is 1.23 bits per heavy atom. The van der Waals surface area contributed by atoms with Gasteiger partial charge in [0.15, 0.2) is 0 Å². The number of hydrogen-bond acceptors (Lipinski definition) is 6. The van der Waals surface area contributed by atoms with Gasteiger partial charge in [-0.1, -0.05) is 12.1 Å². The van der Waals surface area contributed by atoms with Crippen LogP contribution in [0.3, 0.4) is 0 Å². The molecule has 158 valence electrons. The Hall–Kier alpha value is -2.74. The van der Waals surface area contributed by atoms with Gasteiger partial charge in [-0.05, 0) is 44.4 Å².